The zero-order chi connectivity index (χ0) is 29.5. The molecular formula is C34H40N4O4. The molecule has 8 nitrogen and oxygen atoms in total. The molecule has 0 aliphatic carbocycles. The number of pyridine rings is 1. The number of rotatable bonds is 9. The van der Waals surface area contributed by atoms with Gasteiger partial charge in [0.25, 0.3) is 0 Å². The molecule has 5 rings (SSSR count). The minimum atomic E-state index is -0.535. The molecule has 4 aromatic rings. The fraction of sp³-hybridized carbons (Fsp3) is 0.382. The molecule has 0 saturated carbocycles. The largest absolute Gasteiger partial charge is 0.492 e. The third-order valence-electron chi connectivity index (χ3n) is 7.10. The Morgan fingerprint density at radius 1 is 1.02 bits per heavy atom. The lowest BCUT2D eigenvalue weighted by molar-refractivity contribution is -0.0366. The molecule has 220 valence electrons. The lowest BCUT2D eigenvalue weighted by Crippen LogP contribution is -2.34. The van der Waals surface area contributed by atoms with E-state index in [1.54, 1.807) is 0 Å². The smallest absolute Gasteiger partial charge is 0.407 e. The first-order valence-electron chi connectivity index (χ1n) is 14.8. The van der Waals surface area contributed by atoms with Crippen molar-refractivity contribution < 1.29 is 19.0 Å². The number of fused-ring (bicyclic) bond motifs is 1. The molecular weight excluding hydrogens is 528 g/mol. The van der Waals surface area contributed by atoms with Gasteiger partial charge in [0.15, 0.2) is 6.23 Å². The van der Waals surface area contributed by atoms with Gasteiger partial charge in [0, 0.05) is 12.2 Å². The fourth-order valence-electron chi connectivity index (χ4n) is 5.22. The summed E-state index contributed by atoms with van der Waals surface area (Å²) >= 11 is 0. The highest BCUT2D eigenvalue weighted by atomic mass is 16.6. The van der Waals surface area contributed by atoms with Gasteiger partial charge in [-0.1, -0.05) is 49.4 Å². The minimum Gasteiger partial charge on any atom is -0.492 e. The Bertz CT molecular complexity index is 1510. The van der Waals surface area contributed by atoms with Crippen molar-refractivity contribution in [3.8, 4) is 5.75 Å². The quantitative estimate of drug-likeness (QED) is 0.167. The maximum Gasteiger partial charge on any atom is 0.407 e. The standard InChI is InChI=1S/C34H40N4O4/c1-5-27(24-11-7-6-8-12-24)32(25-14-16-26(17-15-25)40-22-20-35-33(39)42-34(2,3)4)28-18-19-30-29(37-28)23-36-38(30)31-13-9-10-21-41-31/h6-8,11-12,14-19,23,31H,5,9-10,13,20-22H2,1-4H3,(H,35,39)/b32-27+. The predicted molar refractivity (Wildman–Crippen MR) is 165 cm³/mol. The van der Waals surface area contributed by atoms with Crippen molar-refractivity contribution in [2.45, 2.75) is 65.2 Å². The van der Waals surface area contributed by atoms with E-state index in [0.717, 1.165) is 71.5 Å². The summed E-state index contributed by atoms with van der Waals surface area (Å²) in [7, 11) is 0. The summed E-state index contributed by atoms with van der Waals surface area (Å²) in [5, 5.41) is 7.37. The SMILES string of the molecule is CC/C(=C(/c1ccc(OCCNC(=O)OC(C)(C)C)cc1)c1ccc2c(cnn2C2CCCCO2)n1)c1ccccc1. The third kappa shape index (κ3) is 7.18. The van der Waals surface area contributed by atoms with Crippen molar-refractivity contribution in [2.75, 3.05) is 19.8 Å². The van der Waals surface area contributed by atoms with Crippen LogP contribution in [0, 0.1) is 0 Å². The number of allylic oxidation sites excluding steroid dienone is 1. The lowest BCUT2D eigenvalue weighted by atomic mass is 9.90. The van der Waals surface area contributed by atoms with Crippen molar-refractivity contribution in [3.05, 3.63) is 89.7 Å². The first kappa shape index (κ1) is 29.3. The highest BCUT2D eigenvalue weighted by Crippen LogP contribution is 2.35. The summed E-state index contributed by atoms with van der Waals surface area (Å²) < 4.78 is 19.1. The number of alkyl carbamates (subject to hydrolysis) is 1. The fourth-order valence-corrected chi connectivity index (χ4v) is 5.22. The molecule has 0 spiro atoms. The van der Waals surface area contributed by atoms with Crippen molar-refractivity contribution in [1.29, 1.82) is 0 Å². The zero-order valence-corrected chi connectivity index (χ0v) is 24.9. The number of hydrogen-bond acceptors (Lipinski definition) is 6. The van der Waals surface area contributed by atoms with Gasteiger partial charge >= 0.3 is 6.09 Å². The van der Waals surface area contributed by atoms with E-state index in [2.05, 4.69) is 65.9 Å². The van der Waals surface area contributed by atoms with Gasteiger partial charge in [-0.25, -0.2) is 14.5 Å². The Morgan fingerprint density at radius 2 is 1.81 bits per heavy atom. The second-order valence-electron chi connectivity index (χ2n) is 11.4. The topological polar surface area (TPSA) is 87.5 Å². The second-order valence-corrected chi connectivity index (χ2v) is 11.4. The zero-order valence-electron chi connectivity index (χ0n) is 24.9. The first-order valence-corrected chi connectivity index (χ1v) is 14.8. The lowest BCUT2D eigenvalue weighted by Gasteiger charge is -2.23. The number of nitrogens with one attached hydrogen (secondary N) is 1. The molecule has 1 N–H and O–H groups in total. The Kier molecular flexibility index (Phi) is 9.22. The van der Waals surface area contributed by atoms with Crippen LogP contribution in [0.5, 0.6) is 5.75 Å². The van der Waals surface area contributed by atoms with Crippen LogP contribution < -0.4 is 10.1 Å². The summed E-state index contributed by atoms with van der Waals surface area (Å²) in [5.74, 6) is 0.721. The molecule has 0 bridgehead atoms. The van der Waals surface area contributed by atoms with Crippen LogP contribution in [0.2, 0.25) is 0 Å². The summed E-state index contributed by atoms with van der Waals surface area (Å²) in [6, 6.07) is 22.7. The van der Waals surface area contributed by atoms with Gasteiger partial charge in [-0.05, 0) is 87.4 Å². The normalized spacial score (nSPS) is 16.1. The van der Waals surface area contributed by atoms with Crippen molar-refractivity contribution in [2.24, 2.45) is 0 Å². The Morgan fingerprint density at radius 3 is 2.50 bits per heavy atom. The first-order chi connectivity index (χ1) is 20.3. The van der Waals surface area contributed by atoms with Gasteiger partial charge < -0.3 is 19.5 Å². The molecule has 1 aliphatic rings. The Labute approximate surface area is 247 Å². The number of carbonyl (C=O) groups excluding carboxylic acids is 1. The average molecular weight is 569 g/mol. The van der Waals surface area contributed by atoms with E-state index in [9.17, 15) is 4.79 Å². The molecule has 3 heterocycles. The number of nitrogens with zero attached hydrogens (tertiary/aromatic N) is 3. The van der Waals surface area contributed by atoms with Gasteiger partial charge in [-0.15, -0.1) is 0 Å². The maximum absolute atomic E-state index is 11.9. The van der Waals surface area contributed by atoms with Crippen LogP contribution in [0.25, 0.3) is 22.2 Å². The number of ether oxygens (including phenoxy) is 3. The molecule has 2 aromatic heterocycles. The Hall–Kier alpha value is -4.17. The molecule has 1 saturated heterocycles. The molecule has 42 heavy (non-hydrogen) atoms. The van der Waals surface area contributed by atoms with Crippen LogP contribution >= 0.6 is 0 Å². The molecule has 2 aromatic carbocycles. The van der Waals surface area contributed by atoms with E-state index in [1.807, 2.05) is 49.8 Å². The summed E-state index contributed by atoms with van der Waals surface area (Å²) in [5.41, 5.74) is 6.68. The van der Waals surface area contributed by atoms with Gasteiger partial charge in [0.05, 0.1) is 24.0 Å². The van der Waals surface area contributed by atoms with Crippen LogP contribution in [-0.2, 0) is 9.47 Å². The number of aromatic nitrogens is 3. The molecule has 1 atom stereocenters. The van der Waals surface area contributed by atoms with E-state index in [4.69, 9.17) is 19.2 Å². The van der Waals surface area contributed by atoms with E-state index in [-0.39, 0.29) is 6.23 Å². The van der Waals surface area contributed by atoms with E-state index >= 15 is 0 Å². The summed E-state index contributed by atoms with van der Waals surface area (Å²) in [4.78, 5) is 17.0. The van der Waals surface area contributed by atoms with E-state index < -0.39 is 11.7 Å². The summed E-state index contributed by atoms with van der Waals surface area (Å²) in [6.45, 7) is 9.12. The highest BCUT2D eigenvalue weighted by molar-refractivity contribution is 5.98. The van der Waals surface area contributed by atoms with Gasteiger partial charge in [0.1, 0.15) is 23.5 Å². The van der Waals surface area contributed by atoms with Gasteiger partial charge in [-0.3, -0.25) is 0 Å². The third-order valence-corrected chi connectivity index (χ3v) is 7.10. The predicted octanol–water partition coefficient (Wildman–Crippen LogP) is 7.40. The number of benzene rings is 2. The van der Waals surface area contributed by atoms with Gasteiger partial charge in [0.2, 0.25) is 0 Å². The van der Waals surface area contributed by atoms with Crippen LogP contribution in [0.1, 0.15) is 76.4 Å². The van der Waals surface area contributed by atoms with Gasteiger partial charge in [-0.2, -0.15) is 5.10 Å². The average Bonchev–Trinajstić information content (AvgIpc) is 3.42. The molecule has 0 radical (unpaired) electrons. The van der Waals surface area contributed by atoms with Crippen molar-refractivity contribution in [3.63, 3.8) is 0 Å². The molecule has 1 aliphatic heterocycles. The van der Waals surface area contributed by atoms with Crippen LogP contribution in [0.3, 0.4) is 0 Å². The maximum atomic E-state index is 11.9. The van der Waals surface area contributed by atoms with Crippen LogP contribution in [0.4, 0.5) is 4.79 Å². The van der Waals surface area contributed by atoms with E-state index in [1.165, 1.54) is 5.57 Å². The molecule has 1 fully saturated rings. The van der Waals surface area contributed by atoms with Crippen molar-refractivity contribution in [1.82, 2.24) is 20.1 Å². The molecule has 1 unspecified atom stereocenters. The highest BCUT2D eigenvalue weighted by Gasteiger charge is 2.21. The second kappa shape index (κ2) is 13.2. The number of carbonyl (C=O) groups is 1. The molecule has 8 heteroatoms. The van der Waals surface area contributed by atoms with Crippen LogP contribution in [0.15, 0.2) is 72.9 Å². The number of amides is 1. The molecule has 1 amide bonds. The number of hydrogen-bond donors (Lipinski definition) is 1. The van der Waals surface area contributed by atoms with Crippen molar-refractivity contribution >= 4 is 28.3 Å². The monoisotopic (exact) mass is 568 g/mol. The van der Waals surface area contributed by atoms with Crippen LogP contribution in [-0.4, -0.2) is 46.2 Å². The minimum absolute atomic E-state index is 0.0405. The summed E-state index contributed by atoms with van der Waals surface area (Å²) in [6.07, 6.45) is 5.38. The van der Waals surface area contributed by atoms with E-state index in [0.29, 0.717) is 13.2 Å². The Balaban J connectivity index is 1.41.